The van der Waals surface area contributed by atoms with Gasteiger partial charge in [-0.2, -0.15) is 4.68 Å². The van der Waals surface area contributed by atoms with Gasteiger partial charge in [0.15, 0.2) is 0 Å². The lowest BCUT2D eigenvalue weighted by atomic mass is 10.3. The molecule has 0 amide bonds. The van der Waals surface area contributed by atoms with E-state index >= 15 is 0 Å². The van der Waals surface area contributed by atoms with Crippen LogP contribution in [0.5, 0.6) is 5.75 Å². The molecule has 8 heteroatoms. The molecule has 0 aliphatic heterocycles. The molecule has 0 spiro atoms. The SMILES string of the molecule is Oc1ccc(-n2nnnc2SCc2ccncc2Cl)cc1. The number of pyridine rings is 1. The van der Waals surface area contributed by atoms with Gasteiger partial charge in [0.1, 0.15) is 5.75 Å². The number of benzene rings is 1. The van der Waals surface area contributed by atoms with Crippen molar-refractivity contribution >= 4 is 23.4 Å². The molecule has 0 saturated heterocycles. The van der Waals surface area contributed by atoms with Crippen molar-refractivity contribution in [2.45, 2.75) is 10.9 Å². The standard InChI is InChI=1S/C13H10ClN5OS/c14-12-7-15-6-5-9(12)8-21-13-16-17-18-19(13)10-1-3-11(20)4-2-10/h1-7,20H,8H2. The van der Waals surface area contributed by atoms with Gasteiger partial charge >= 0.3 is 0 Å². The Balaban J connectivity index is 1.80. The first-order chi connectivity index (χ1) is 10.2. The Morgan fingerprint density at radius 2 is 2.00 bits per heavy atom. The molecule has 6 nitrogen and oxygen atoms in total. The van der Waals surface area contributed by atoms with Crippen molar-refractivity contribution in [3.63, 3.8) is 0 Å². The van der Waals surface area contributed by atoms with E-state index in [9.17, 15) is 5.11 Å². The molecule has 106 valence electrons. The molecule has 0 aliphatic rings. The van der Waals surface area contributed by atoms with Crippen LogP contribution in [0.1, 0.15) is 5.56 Å². The summed E-state index contributed by atoms with van der Waals surface area (Å²) in [6.45, 7) is 0. The minimum absolute atomic E-state index is 0.199. The van der Waals surface area contributed by atoms with E-state index in [0.717, 1.165) is 11.3 Å². The second-order valence-corrected chi connectivity index (χ2v) is 5.50. The molecule has 3 rings (SSSR count). The molecule has 0 bridgehead atoms. The summed E-state index contributed by atoms with van der Waals surface area (Å²) in [5.74, 6) is 0.837. The maximum absolute atomic E-state index is 9.32. The van der Waals surface area contributed by atoms with Gasteiger partial charge in [-0.1, -0.05) is 23.4 Å². The third kappa shape index (κ3) is 3.14. The van der Waals surface area contributed by atoms with E-state index in [-0.39, 0.29) is 5.75 Å². The Kier molecular flexibility index (Phi) is 4.03. The van der Waals surface area contributed by atoms with Gasteiger partial charge in [-0.15, -0.1) is 5.10 Å². The quantitative estimate of drug-likeness (QED) is 0.745. The maximum atomic E-state index is 9.32. The zero-order valence-corrected chi connectivity index (χ0v) is 12.3. The van der Waals surface area contributed by atoms with E-state index in [1.54, 1.807) is 41.3 Å². The first-order valence-electron chi connectivity index (χ1n) is 6.03. The maximum Gasteiger partial charge on any atom is 0.214 e. The molecule has 0 radical (unpaired) electrons. The van der Waals surface area contributed by atoms with Crippen LogP contribution in [0.15, 0.2) is 47.9 Å². The lowest BCUT2D eigenvalue weighted by molar-refractivity contribution is 0.475. The molecule has 0 unspecified atom stereocenters. The number of rotatable bonds is 4. The van der Waals surface area contributed by atoms with E-state index in [1.165, 1.54) is 11.8 Å². The largest absolute Gasteiger partial charge is 0.508 e. The Morgan fingerprint density at radius 1 is 1.19 bits per heavy atom. The number of phenolic OH excluding ortho intramolecular Hbond substituents is 1. The molecule has 2 heterocycles. The monoisotopic (exact) mass is 319 g/mol. The fourth-order valence-corrected chi connectivity index (χ4v) is 2.85. The highest BCUT2D eigenvalue weighted by Crippen LogP contribution is 2.26. The predicted molar refractivity (Wildman–Crippen MR) is 79.6 cm³/mol. The van der Waals surface area contributed by atoms with Crippen molar-refractivity contribution in [1.82, 2.24) is 25.2 Å². The normalized spacial score (nSPS) is 10.7. The third-order valence-electron chi connectivity index (χ3n) is 2.75. The number of halogens is 1. The lowest BCUT2D eigenvalue weighted by Gasteiger charge is -2.05. The lowest BCUT2D eigenvalue weighted by Crippen LogP contribution is -1.98. The molecule has 0 aliphatic carbocycles. The van der Waals surface area contributed by atoms with Crippen LogP contribution in [0, 0.1) is 0 Å². The summed E-state index contributed by atoms with van der Waals surface area (Å²) < 4.78 is 1.61. The Labute approximate surface area is 129 Å². The molecule has 21 heavy (non-hydrogen) atoms. The average Bonchev–Trinajstić information content (AvgIpc) is 2.96. The van der Waals surface area contributed by atoms with Gasteiger partial charge in [0.25, 0.3) is 0 Å². The number of thioether (sulfide) groups is 1. The number of aromatic nitrogens is 5. The van der Waals surface area contributed by atoms with Gasteiger partial charge in [0.05, 0.1) is 10.7 Å². The van der Waals surface area contributed by atoms with Gasteiger partial charge in [0.2, 0.25) is 5.16 Å². The number of hydrogen-bond acceptors (Lipinski definition) is 6. The Bertz CT molecular complexity index is 746. The average molecular weight is 320 g/mol. The number of phenols is 1. The highest BCUT2D eigenvalue weighted by atomic mass is 35.5. The Hall–Kier alpha value is -2.12. The minimum atomic E-state index is 0.199. The second-order valence-electron chi connectivity index (χ2n) is 4.15. The van der Waals surface area contributed by atoms with Crippen molar-refractivity contribution in [1.29, 1.82) is 0 Å². The molecular weight excluding hydrogens is 310 g/mol. The molecule has 0 fully saturated rings. The van der Waals surface area contributed by atoms with E-state index in [1.807, 2.05) is 6.07 Å². The topological polar surface area (TPSA) is 76.7 Å². The highest BCUT2D eigenvalue weighted by Gasteiger charge is 2.10. The van der Waals surface area contributed by atoms with Gasteiger partial charge < -0.3 is 5.11 Å². The summed E-state index contributed by atoms with van der Waals surface area (Å²) in [5, 5.41) is 22.2. The van der Waals surface area contributed by atoms with Crippen LogP contribution in [0.2, 0.25) is 5.02 Å². The van der Waals surface area contributed by atoms with Crippen molar-refractivity contribution in [3.05, 3.63) is 53.3 Å². The van der Waals surface area contributed by atoms with Crippen LogP contribution in [0.4, 0.5) is 0 Å². The van der Waals surface area contributed by atoms with Crippen LogP contribution in [-0.4, -0.2) is 30.3 Å². The van der Waals surface area contributed by atoms with E-state index in [2.05, 4.69) is 20.5 Å². The molecular formula is C13H10ClN5OS. The first-order valence-corrected chi connectivity index (χ1v) is 7.39. The predicted octanol–water partition coefficient (Wildman–Crippen LogP) is 2.71. The summed E-state index contributed by atoms with van der Waals surface area (Å²) >= 11 is 7.55. The van der Waals surface area contributed by atoms with Crippen molar-refractivity contribution in [2.24, 2.45) is 0 Å². The molecule has 1 aromatic carbocycles. The number of tetrazole rings is 1. The fourth-order valence-electron chi connectivity index (χ4n) is 1.69. The fraction of sp³-hybridized carbons (Fsp3) is 0.0769. The zero-order valence-electron chi connectivity index (χ0n) is 10.7. The van der Waals surface area contributed by atoms with Crippen LogP contribution in [0.3, 0.4) is 0 Å². The van der Waals surface area contributed by atoms with Gasteiger partial charge in [-0.05, 0) is 46.3 Å². The van der Waals surface area contributed by atoms with E-state index < -0.39 is 0 Å². The third-order valence-corrected chi connectivity index (χ3v) is 4.06. The van der Waals surface area contributed by atoms with Gasteiger partial charge in [-0.25, -0.2) is 0 Å². The van der Waals surface area contributed by atoms with Crippen molar-refractivity contribution < 1.29 is 5.11 Å². The number of hydrogen-bond donors (Lipinski definition) is 1. The van der Waals surface area contributed by atoms with Crippen molar-refractivity contribution in [2.75, 3.05) is 0 Å². The van der Waals surface area contributed by atoms with Crippen LogP contribution >= 0.6 is 23.4 Å². The number of aromatic hydroxyl groups is 1. The van der Waals surface area contributed by atoms with Crippen molar-refractivity contribution in [3.8, 4) is 11.4 Å². The van der Waals surface area contributed by atoms with Crippen LogP contribution in [0.25, 0.3) is 5.69 Å². The van der Waals surface area contributed by atoms with Gasteiger partial charge in [0, 0.05) is 18.1 Å². The Morgan fingerprint density at radius 3 is 2.76 bits per heavy atom. The molecule has 3 aromatic rings. The van der Waals surface area contributed by atoms with Crippen LogP contribution < -0.4 is 0 Å². The van der Waals surface area contributed by atoms with E-state index in [4.69, 9.17) is 11.6 Å². The summed E-state index contributed by atoms with van der Waals surface area (Å²) in [4.78, 5) is 3.95. The summed E-state index contributed by atoms with van der Waals surface area (Å²) in [6, 6.07) is 8.53. The summed E-state index contributed by atoms with van der Waals surface area (Å²) in [7, 11) is 0. The van der Waals surface area contributed by atoms with E-state index in [0.29, 0.717) is 15.9 Å². The smallest absolute Gasteiger partial charge is 0.214 e. The highest BCUT2D eigenvalue weighted by molar-refractivity contribution is 7.98. The molecule has 1 N–H and O–H groups in total. The molecule has 0 atom stereocenters. The summed E-state index contributed by atoms with van der Waals surface area (Å²) in [6.07, 6.45) is 3.31. The first kappa shape index (κ1) is 13.8. The molecule has 2 aromatic heterocycles. The summed E-state index contributed by atoms with van der Waals surface area (Å²) in [5.41, 5.74) is 1.75. The molecule has 0 saturated carbocycles. The van der Waals surface area contributed by atoms with Crippen LogP contribution in [-0.2, 0) is 5.75 Å². The second kappa shape index (κ2) is 6.11. The van der Waals surface area contributed by atoms with Gasteiger partial charge in [-0.3, -0.25) is 4.98 Å². The minimum Gasteiger partial charge on any atom is -0.508 e. The zero-order chi connectivity index (χ0) is 14.7. The number of nitrogens with zero attached hydrogens (tertiary/aromatic N) is 5.